The van der Waals surface area contributed by atoms with Crippen LogP contribution < -0.4 is 5.32 Å². The van der Waals surface area contributed by atoms with E-state index >= 15 is 0 Å². The minimum atomic E-state index is -0.830. The van der Waals surface area contributed by atoms with Gasteiger partial charge in [0, 0.05) is 18.5 Å². The van der Waals surface area contributed by atoms with Gasteiger partial charge in [0.05, 0.1) is 11.4 Å². The van der Waals surface area contributed by atoms with Crippen molar-refractivity contribution < 1.29 is 14.7 Å². The fourth-order valence-electron chi connectivity index (χ4n) is 6.42. The highest BCUT2D eigenvalue weighted by molar-refractivity contribution is 7.99. The molecule has 2 aromatic rings. The summed E-state index contributed by atoms with van der Waals surface area (Å²) >= 11 is 1.31. The van der Waals surface area contributed by atoms with Crippen molar-refractivity contribution in [3.8, 4) is 0 Å². The Balaban J connectivity index is 1.28. The maximum Gasteiger partial charge on any atom is 0.313 e. The molecule has 4 fully saturated rings. The van der Waals surface area contributed by atoms with Gasteiger partial charge in [-0.2, -0.15) is 0 Å². The molecule has 4 aliphatic rings. The normalized spacial score (nSPS) is 30.0. The predicted octanol–water partition coefficient (Wildman–Crippen LogP) is 3.60. The Labute approximate surface area is 174 Å². The lowest BCUT2D eigenvalue weighted by Crippen LogP contribution is -2.51. The number of carboxylic acid groups (broad SMARTS) is 1. The van der Waals surface area contributed by atoms with Crippen molar-refractivity contribution in [2.45, 2.75) is 44.3 Å². The largest absolute Gasteiger partial charge is 0.481 e. The van der Waals surface area contributed by atoms with Gasteiger partial charge in [0.1, 0.15) is 11.3 Å². The maximum atomic E-state index is 13.0. The summed E-state index contributed by atoms with van der Waals surface area (Å²) in [7, 11) is 0. The first kappa shape index (κ1) is 19.0. The van der Waals surface area contributed by atoms with Gasteiger partial charge in [-0.05, 0) is 73.8 Å². The Bertz CT molecular complexity index is 919. The van der Waals surface area contributed by atoms with Crippen molar-refractivity contribution in [2.75, 3.05) is 12.3 Å². The highest BCUT2D eigenvalue weighted by Crippen LogP contribution is 2.59. The van der Waals surface area contributed by atoms with Gasteiger partial charge in [0.15, 0.2) is 0 Å². The van der Waals surface area contributed by atoms with Crippen molar-refractivity contribution in [2.24, 2.45) is 23.2 Å². The Hall–Kier alpha value is -2.02. The van der Waals surface area contributed by atoms with E-state index in [9.17, 15) is 9.59 Å². The second-order valence-corrected chi connectivity index (χ2v) is 10.3. The molecule has 154 valence electrons. The van der Waals surface area contributed by atoms with E-state index in [1.54, 1.807) is 0 Å². The number of hydrogen-bond acceptors (Lipinski definition) is 4. The van der Waals surface area contributed by atoms with Crippen LogP contribution in [-0.2, 0) is 10.5 Å². The van der Waals surface area contributed by atoms with E-state index in [1.165, 1.54) is 50.3 Å². The van der Waals surface area contributed by atoms with Crippen LogP contribution in [0.2, 0.25) is 0 Å². The van der Waals surface area contributed by atoms with Gasteiger partial charge < -0.3 is 10.4 Å². The molecule has 2 N–H and O–H groups in total. The average Bonchev–Trinajstić information content (AvgIpc) is 3.07. The van der Waals surface area contributed by atoms with Crippen LogP contribution in [0.25, 0.3) is 5.65 Å². The molecule has 7 heteroatoms. The van der Waals surface area contributed by atoms with Crippen molar-refractivity contribution in [3.05, 3.63) is 35.8 Å². The topological polar surface area (TPSA) is 83.7 Å². The third-order valence-corrected chi connectivity index (χ3v) is 7.99. The summed E-state index contributed by atoms with van der Waals surface area (Å²) in [4.78, 5) is 28.3. The number of aromatic nitrogens is 2. The maximum absolute atomic E-state index is 13.0. The van der Waals surface area contributed by atoms with Crippen LogP contribution in [0.4, 0.5) is 0 Å². The van der Waals surface area contributed by atoms with Gasteiger partial charge in [-0.15, -0.1) is 11.8 Å². The number of carbonyl (C=O) groups excluding carboxylic acids is 1. The number of thioether (sulfide) groups is 1. The number of aliphatic carboxylic acids is 1. The lowest BCUT2D eigenvalue weighted by Gasteiger charge is -2.56. The van der Waals surface area contributed by atoms with Crippen LogP contribution in [0.1, 0.15) is 54.7 Å². The highest BCUT2D eigenvalue weighted by Gasteiger charge is 2.50. The number of nitrogens with zero attached hydrogens (tertiary/aromatic N) is 2. The van der Waals surface area contributed by atoms with E-state index in [0.717, 1.165) is 35.6 Å². The van der Waals surface area contributed by atoms with Crippen LogP contribution in [0, 0.1) is 23.2 Å². The average molecular weight is 414 g/mol. The summed E-state index contributed by atoms with van der Waals surface area (Å²) in [5.41, 5.74) is 2.41. The number of hydrogen-bond donors (Lipinski definition) is 2. The Kier molecular flexibility index (Phi) is 4.81. The number of amides is 1. The summed E-state index contributed by atoms with van der Waals surface area (Å²) < 4.78 is 1.83. The lowest BCUT2D eigenvalue weighted by molar-refractivity contribution is -0.133. The first-order chi connectivity index (χ1) is 14.0. The minimum absolute atomic E-state index is 0.0477. The fourth-order valence-corrected chi connectivity index (χ4v) is 7.05. The number of imidazole rings is 1. The molecule has 0 saturated heterocycles. The molecular weight excluding hydrogens is 386 g/mol. The van der Waals surface area contributed by atoms with E-state index in [1.807, 2.05) is 28.8 Å². The summed E-state index contributed by atoms with van der Waals surface area (Å²) in [5, 5.41) is 12.0. The van der Waals surface area contributed by atoms with E-state index in [4.69, 9.17) is 5.11 Å². The summed E-state index contributed by atoms with van der Waals surface area (Å²) in [6.07, 6.45) is 9.90. The molecule has 6 rings (SSSR count). The molecule has 1 amide bonds. The van der Waals surface area contributed by atoms with Crippen LogP contribution in [-0.4, -0.2) is 38.7 Å². The van der Waals surface area contributed by atoms with E-state index in [-0.39, 0.29) is 11.7 Å². The number of fused-ring (bicyclic) bond motifs is 1. The van der Waals surface area contributed by atoms with Gasteiger partial charge >= 0.3 is 5.97 Å². The highest BCUT2D eigenvalue weighted by atomic mass is 32.2. The molecule has 29 heavy (non-hydrogen) atoms. The third kappa shape index (κ3) is 3.77. The molecule has 2 aromatic heterocycles. The van der Waals surface area contributed by atoms with Gasteiger partial charge in [-0.25, -0.2) is 4.98 Å². The molecule has 0 spiro atoms. The number of rotatable bonds is 7. The summed E-state index contributed by atoms with van der Waals surface area (Å²) in [6, 6.07) is 5.56. The summed E-state index contributed by atoms with van der Waals surface area (Å²) in [5.74, 6) is 2.31. The summed E-state index contributed by atoms with van der Waals surface area (Å²) in [6.45, 7) is 0.780. The van der Waals surface area contributed by atoms with Crippen LogP contribution in [0.15, 0.2) is 24.4 Å². The fraction of sp³-hybridized carbons (Fsp3) is 0.591. The Morgan fingerprint density at radius 3 is 2.52 bits per heavy atom. The lowest BCUT2D eigenvalue weighted by atomic mass is 9.49. The Morgan fingerprint density at radius 1 is 1.17 bits per heavy atom. The first-order valence-corrected chi connectivity index (χ1v) is 11.7. The predicted molar refractivity (Wildman–Crippen MR) is 112 cm³/mol. The van der Waals surface area contributed by atoms with Crippen LogP contribution in [0.5, 0.6) is 0 Å². The zero-order valence-corrected chi connectivity index (χ0v) is 17.3. The molecule has 0 atom stereocenters. The second kappa shape index (κ2) is 7.35. The third-order valence-electron chi connectivity index (χ3n) is 7.04. The number of nitrogens with one attached hydrogen (secondary N) is 1. The number of pyridine rings is 1. The number of carbonyl (C=O) groups is 2. The van der Waals surface area contributed by atoms with Crippen molar-refractivity contribution in [3.63, 3.8) is 0 Å². The van der Waals surface area contributed by atoms with Gasteiger partial charge in [-0.1, -0.05) is 6.07 Å². The van der Waals surface area contributed by atoms with Gasteiger partial charge in [0.2, 0.25) is 0 Å². The number of carboxylic acids is 1. The smallest absolute Gasteiger partial charge is 0.313 e. The van der Waals surface area contributed by atoms with Crippen LogP contribution in [0.3, 0.4) is 0 Å². The molecular formula is C22H27N3O3S. The zero-order valence-electron chi connectivity index (χ0n) is 16.5. The quantitative estimate of drug-likeness (QED) is 0.725. The monoisotopic (exact) mass is 413 g/mol. The molecule has 4 bridgehead atoms. The molecule has 0 radical (unpaired) electrons. The molecule has 6 nitrogen and oxygen atoms in total. The van der Waals surface area contributed by atoms with Gasteiger partial charge in [-0.3, -0.25) is 14.0 Å². The Morgan fingerprint density at radius 2 is 1.86 bits per heavy atom. The molecule has 2 heterocycles. The first-order valence-electron chi connectivity index (χ1n) is 10.5. The molecule has 0 aliphatic heterocycles. The molecule has 4 saturated carbocycles. The van der Waals surface area contributed by atoms with Crippen molar-refractivity contribution >= 4 is 29.3 Å². The molecule has 0 unspecified atom stereocenters. The zero-order chi connectivity index (χ0) is 20.0. The minimum Gasteiger partial charge on any atom is -0.481 e. The van der Waals surface area contributed by atoms with Crippen molar-refractivity contribution in [1.82, 2.24) is 14.7 Å². The molecule has 4 aliphatic carbocycles. The SMILES string of the molecule is O=C(O)CSCc1cn2c(C(=O)NCC34CC5CC(CC(C5)C3)C4)cccc2n1. The van der Waals surface area contributed by atoms with Crippen LogP contribution >= 0.6 is 11.8 Å². The molecule has 0 aromatic carbocycles. The van der Waals surface area contributed by atoms with E-state index in [0.29, 0.717) is 16.9 Å². The van der Waals surface area contributed by atoms with Crippen molar-refractivity contribution in [1.29, 1.82) is 0 Å². The van der Waals surface area contributed by atoms with E-state index < -0.39 is 5.97 Å². The van der Waals surface area contributed by atoms with Gasteiger partial charge in [0.25, 0.3) is 5.91 Å². The second-order valence-electron chi connectivity index (χ2n) is 9.36. The van der Waals surface area contributed by atoms with E-state index in [2.05, 4.69) is 10.3 Å². The standard InChI is InChI=1S/C22H27N3O3S/c26-20(27)12-29-11-17-10-25-18(2-1-3-19(25)24-17)21(28)23-13-22-7-14-4-15(8-22)6-16(5-14)9-22/h1-3,10,14-16H,4-9,11-13H2,(H,23,28)(H,26,27).